The highest BCUT2D eigenvalue weighted by molar-refractivity contribution is 5.91. The first-order valence-electron chi connectivity index (χ1n) is 6.35. The number of nitrogens with one attached hydrogen (secondary N) is 1. The molecule has 0 saturated heterocycles. The lowest BCUT2D eigenvalue weighted by atomic mass is 10.2. The summed E-state index contributed by atoms with van der Waals surface area (Å²) in [7, 11) is 1.99. The third kappa shape index (κ3) is 3.33. The highest BCUT2D eigenvalue weighted by atomic mass is 16.2. The number of nitrogen functional groups attached to an aromatic ring is 1. The molecule has 1 aromatic heterocycles. The second-order valence-corrected chi connectivity index (χ2v) is 4.68. The molecule has 104 valence electrons. The standard InChI is InChI=1S/C15H18N4O/c1-11-5-3-7-13(9-11)19(2)10-12-6-4-8-14(17-12)15(20)18-16/h3-9H,10,16H2,1-2H3,(H,18,20). The second kappa shape index (κ2) is 6.16. The quantitative estimate of drug-likeness (QED) is 0.503. The van der Waals surface area contributed by atoms with E-state index in [1.807, 2.05) is 25.2 Å². The van der Waals surface area contributed by atoms with Gasteiger partial charge in [0.15, 0.2) is 0 Å². The Labute approximate surface area is 118 Å². The molecular weight excluding hydrogens is 252 g/mol. The molecule has 0 bridgehead atoms. The second-order valence-electron chi connectivity index (χ2n) is 4.68. The minimum Gasteiger partial charge on any atom is -0.369 e. The number of hydrogen-bond donors (Lipinski definition) is 2. The molecule has 0 spiro atoms. The van der Waals surface area contributed by atoms with Crippen LogP contribution in [0.1, 0.15) is 21.7 Å². The van der Waals surface area contributed by atoms with Gasteiger partial charge in [0.1, 0.15) is 5.69 Å². The predicted octanol–water partition coefficient (Wildman–Crippen LogP) is 1.63. The summed E-state index contributed by atoms with van der Waals surface area (Å²) in [6.45, 7) is 2.68. The maximum atomic E-state index is 11.5. The Kier molecular flexibility index (Phi) is 4.32. The van der Waals surface area contributed by atoms with Crippen molar-refractivity contribution in [2.75, 3.05) is 11.9 Å². The minimum absolute atomic E-state index is 0.322. The van der Waals surface area contributed by atoms with Crippen LogP contribution in [0.15, 0.2) is 42.5 Å². The molecule has 0 aliphatic carbocycles. The largest absolute Gasteiger partial charge is 0.369 e. The van der Waals surface area contributed by atoms with Gasteiger partial charge in [-0.1, -0.05) is 18.2 Å². The van der Waals surface area contributed by atoms with Crippen LogP contribution >= 0.6 is 0 Å². The van der Waals surface area contributed by atoms with Crippen LogP contribution in [-0.2, 0) is 6.54 Å². The van der Waals surface area contributed by atoms with Crippen LogP contribution in [0.3, 0.4) is 0 Å². The number of amides is 1. The van der Waals surface area contributed by atoms with Crippen molar-refractivity contribution in [3.05, 3.63) is 59.4 Å². The highest BCUT2D eigenvalue weighted by Crippen LogP contribution is 2.16. The number of aromatic nitrogens is 1. The molecule has 0 aliphatic heterocycles. The van der Waals surface area contributed by atoms with Gasteiger partial charge >= 0.3 is 0 Å². The summed E-state index contributed by atoms with van der Waals surface area (Å²) in [5.41, 5.74) is 5.54. The van der Waals surface area contributed by atoms with E-state index < -0.39 is 0 Å². The predicted molar refractivity (Wildman–Crippen MR) is 79.2 cm³/mol. The van der Waals surface area contributed by atoms with Crippen molar-refractivity contribution in [2.24, 2.45) is 5.84 Å². The van der Waals surface area contributed by atoms with Gasteiger partial charge in [-0.2, -0.15) is 0 Å². The highest BCUT2D eigenvalue weighted by Gasteiger charge is 2.08. The Morgan fingerprint density at radius 1 is 1.30 bits per heavy atom. The third-order valence-electron chi connectivity index (χ3n) is 3.01. The molecule has 0 aliphatic rings. The van der Waals surface area contributed by atoms with E-state index in [1.165, 1.54) is 5.56 Å². The fraction of sp³-hybridized carbons (Fsp3) is 0.200. The van der Waals surface area contributed by atoms with E-state index in [1.54, 1.807) is 12.1 Å². The van der Waals surface area contributed by atoms with Crippen molar-refractivity contribution in [3.63, 3.8) is 0 Å². The zero-order valence-electron chi connectivity index (χ0n) is 11.6. The lowest BCUT2D eigenvalue weighted by Crippen LogP contribution is -2.31. The van der Waals surface area contributed by atoms with E-state index in [2.05, 4.69) is 34.4 Å². The van der Waals surface area contributed by atoms with Crippen molar-refractivity contribution >= 4 is 11.6 Å². The van der Waals surface area contributed by atoms with Gasteiger partial charge in [0.2, 0.25) is 0 Å². The SMILES string of the molecule is Cc1cccc(N(C)Cc2cccc(C(=O)NN)n2)c1. The first kappa shape index (κ1) is 14.0. The van der Waals surface area contributed by atoms with Crippen molar-refractivity contribution in [2.45, 2.75) is 13.5 Å². The van der Waals surface area contributed by atoms with E-state index in [9.17, 15) is 4.79 Å². The zero-order valence-corrected chi connectivity index (χ0v) is 11.6. The normalized spacial score (nSPS) is 10.2. The maximum absolute atomic E-state index is 11.5. The van der Waals surface area contributed by atoms with Crippen LogP contribution in [-0.4, -0.2) is 17.9 Å². The van der Waals surface area contributed by atoms with Crippen LogP contribution in [0, 0.1) is 6.92 Å². The Bertz CT molecular complexity index is 612. The summed E-state index contributed by atoms with van der Waals surface area (Å²) >= 11 is 0. The maximum Gasteiger partial charge on any atom is 0.283 e. The van der Waals surface area contributed by atoms with Gasteiger partial charge in [0, 0.05) is 12.7 Å². The lowest BCUT2D eigenvalue weighted by molar-refractivity contribution is 0.0948. The fourth-order valence-electron chi connectivity index (χ4n) is 1.97. The fourth-order valence-corrected chi connectivity index (χ4v) is 1.97. The molecule has 0 unspecified atom stereocenters. The molecule has 1 heterocycles. The Morgan fingerprint density at radius 3 is 2.75 bits per heavy atom. The smallest absolute Gasteiger partial charge is 0.283 e. The third-order valence-corrected chi connectivity index (χ3v) is 3.01. The molecule has 5 nitrogen and oxygen atoms in total. The summed E-state index contributed by atoms with van der Waals surface area (Å²) < 4.78 is 0. The molecule has 0 atom stereocenters. The number of pyridine rings is 1. The Hall–Kier alpha value is -2.40. The number of aryl methyl sites for hydroxylation is 1. The summed E-state index contributed by atoms with van der Waals surface area (Å²) in [6, 6.07) is 13.6. The van der Waals surface area contributed by atoms with E-state index >= 15 is 0 Å². The van der Waals surface area contributed by atoms with Gasteiger partial charge in [0.05, 0.1) is 12.2 Å². The molecule has 0 saturated carbocycles. The van der Waals surface area contributed by atoms with E-state index in [-0.39, 0.29) is 5.91 Å². The molecule has 2 rings (SSSR count). The number of nitrogens with two attached hydrogens (primary N) is 1. The average Bonchev–Trinajstić information content (AvgIpc) is 2.46. The van der Waals surface area contributed by atoms with Crippen LogP contribution in [0.25, 0.3) is 0 Å². The van der Waals surface area contributed by atoms with Crippen molar-refractivity contribution in [1.29, 1.82) is 0 Å². The van der Waals surface area contributed by atoms with Crippen molar-refractivity contribution in [1.82, 2.24) is 10.4 Å². The van der Waals surface area contributed by atoms with Crippen molar-refractivity contribution in [3.8, 4) is 0 Å². The first-order chi connectivity index (χ1) is 9.60. The number of carbonyl (C=O) groups excluding carboxylic acids is 1. The number of carbonyl (C=O) groups is 1. The lowest BCUT2D eigenvalue weighted by Gasteiger charge is -2.19. The number of benzene rings is 1. The number of hydrogen-bond acceptors (Lipinski definition) is 4. The molecule has 0 radical (unpaired) electrons. The summed E-state index contributed by atoms with van der Waals surface area (Å²) in [4.78, 5) is 17.8. The Balaban J connectivity index is 2.15. The van der Waals surface area contributed by atoms with E-state index in [0.717, 1.165) is 11.4 Å². The number of rotatable bonds is 4. The Morgan fingerprint density at radius 2 is 2.05 bits per heavy atom. The number of anilines is 1. The summed E-state index contributed by atoms with van der Waals surface area (Å²) in [5.74, 6) is 4.73. The summed E-state index contributed by atoms with van der Waals surface area (Å²) in [6.07, 6.45) is 0. The molecule has 5 heteroatoms. The topological polar surface area (TPSA) is 71.2 Å². The van der Waals surface area contributed by atoms with Gasteiger partial charge in [0.25, 0.3) is 5.91 Å². The molecule has 2 aromatic rings. The van der Waals surface area contributed by atoms with E-state index in [0.29, 0.717) is 12.2 Å². The molecule has 1 amide bonds. The average molecular weight is 270 g/mol. The van der Waals surface area contributed by atoms with Gasteiger partial charge in [-0.15, -0.1) is 0 Å². The van der Waals surface area contributed by atoms with Crippen LogP contribution in [0.4, 0.5) is 5.69 Å². The van der Waals surface area contributed by atoms with E-state index in [4.69, 9.17) is 5.84 Å². The molecule has 1 aromatic carbocycles. The zero-order chi connectivity index (χ0) is 14.5. The minimum atomic E-state index is -0.384. The van der Waals surface area contributed by atoms with Gasteiger partial charge in [-0.25, -0.2) is 10.8 Å². The van der Waals surface area contributed by atoms with Crippen LogP contribution in [0.5, 0.6) is 0 Å². The van der Waals surface area contributed by atoms with Gasteiger partial charge in [-0.3, -0.25) is 10.2 Å². The first-order valence-corrected chi connectivity index (χ1v) is 6.35. The van der Waals surface area contributed by atoms with Crippen LogP contribution in [0.2, 0.25) is 0 Å². The van der Waals surface area contributed by atoms with Gasteiger partial charge < -0.3 is 4.90 Å². The van der Waals surface area contributed by atoms with Crippen LogP contribution < -0.4 is 16.2 Å². The molecular formula is C15H18N4O. The van der Waals surface area contributed by atoms with Crippen molar-refractivity contribution < 1.29 is 4.79 Å². The monoisotopic (exact) mass is 270 g/mol. The summed E-state index contributed by atoms with van der Waals surface area (Å²) in [5, 5.41) is 0. The molecule has 20 heavy (non-hydrogen) atoms. The number of hydrazine groups is 1. The number of nitrogens with zero attached hydrogens (tertiary/aromatic N) is 2. The molecule has 3 N–H and O–H groups in total. The van der Waals surface area contributed by atoms with Gasteiger partial charge in [-0.05, 0) is 36.8 Å². The molecule has 0 fully saturated rings.